The van der Waals surface area contributed by atoms with Crippen LogP contribution in [0.15, 0.2) is 0 Å². The Hall–Kier alpha value is -1.64. The topological polar surface area (TPSA) is 205 Å². The fraction of sp³-hybridized carbons (Fsp3) is 0.939. The molecule has 1 saturated heterocycles. The van der Waals surface area contributed by atoms with Crippen molar-refractivity contribution in [3.05, 3.63) is 0 Å². The van der Waals surface area contributed by atoms with Crippen molar-refractivity contribution in [3.63, 3.8) is 0 Å². The first-order valence-electron chi connectivity index (χ1n) is 25.7. The molecule has 0 spiro atoms. The first-order valence-corrected chi connectivity index (χ1v) is 27.2. The molecule has 6 unspecified atom stereocenters. The molecule has 378 valence electrons. The van der Waals surface area contributed by atoms with Crippen LogP contribution in [0.2, 0.25) is 0 Å². The number of rotatable bonds is 44. The second-order valence-electron chi connectivity index (χ2n) is 18.1. The van der Waals surface area contributed by atoms with Gasteiger partial charge in [0, 0.05) is 19.8 Å². The van der Waals surface area contributed by atoms with Crippen molar-refractivity contribution in [2.24, 2.45) is 0 Å². The summed E-state index contributed by atoms with van der Waals surface area (Å²) in [5.74, 6) is -1.76. The third-order valence-electron chi connectivity index (χ3n) is 12.0. The summed E-state index contributed by atoms with van der Waals surface area (Å²) in [5.41, 5.74) is 0. The van der Waals surface area contributed by atoms with Crippen molar-refractivity contribution in [3.8, 4) is 0 Å². The van der Waals surface area contributed by atoms with Crippen LogP contribution in [0.1, 0.15) is 239 Å². The third kappa shape index (κ3) is 33.8. The molecule has 64 heavy (non-hydrogen) atoms. The molecule has 0 aromatic heterocycles. The van der Waals surface area contributed by atoms with Gasteiger partial charge in [-0.05, 0) is 12.8 Å². The molecule has 1 heterocycles. The minimum absolute atomic E-state index is 0.113. The SMILES string of the molecule is CCCCCCCCCCCCCCCCCCCC(=O)O[C@H](COC(=O)CCCCCCCCCCCCCCCCC)COP(=O)(O)OC1OC(COC(C)=O)C(O)C(O)C1O. The van der Waals surface area contributed by atoms with E-state index >= 15 is 0 Å². The number of carbonyl (C=O) groups is 3. The van der Waals surface area contributed by atoms with E-state index in [0.29, 0.717) is 12.8 Å². The minimum Gasteiger partial charge on any atom is -0.463 e. The van der Waals surface area contributed by atoms with Gasteiger partial charge in [-0.15, -0.1) is 0 Å². The zero-order valence-electron chi connectivity index (χ0n) is 40.4. The van der Waals surface area contributed by atoms with Crippen molar-refractivity contribution in [1.82, 2.24) is 0 Å². The summed E-state index contributed by atoms with van der Waals surface area (Å²) in [5, 5.41) is 30.9. The lowest BCUT2D eigenvalue weighted by Crippen LogP contribution is -2.59. The standard InChI is InChI=1S/C49H93O14P/c1-4-6-8-10-12-14-16-18-20-21-23-25-27-29-31-33-35-37-45(52)61-42(38-59-44(51)36-34-32-30-28-26-24-22-19-17-15-13-11-9-7-5-2)39-60-64(56,57)63-49-48(55)47(54)46(53)43(62-49)40-58-41(3)50/h42-43,46-49,53-55H,4-40H2,1-3H3,(H,56,57)/t42-,43?,46?,47?,48?,49?/m1/s1. The highest BCUT2D eigenvalue weighted by Gasteiger charge is 2.47. The molecule has 1 aliphatic heterocycles. The molecule has 0 bridgehead atoms. The van der Waals surface area contributed by atoms with Crippen molar-refractivity contribution < 1.29 is 67.2 Å². The molecule has 15 heteroatoms. The Kier molecular flexibility index (Phi) is 38.1. The van der Waals surface area contributed by atoms with Crippen molar-refractivity contribution in [2.75, 3.05) is 19.8 Å². The highest BCUT2D eigenvalue weighted by atomic mass is 31.2. The smallest absolute Gasteiger partial charge is 0.463 e. The lowest BCUT2D eigenvalue weighted by molar-refractivity contribution is -0.282. The maximum Gasteiger partial charge on any atom is 0.474 e. The Morgan fingerprint density at radius 1 is 0.516 bits per heavy atom. The molecular weight excluding hydrogens is 843 g/mol. The van der Waals surface area contributed by atoms with Crippen LogP contribution in [0, 0.1) is 0 Å². The normalized spacial score (nSPS) is 20.1. The zero-order valence-corrected chi connectivity index (χ0v) is 41.3. The first kappa shape index (κ1) is 60.4. The highest BCUT2D eigenvalue weighted by molar-refractivity contribution is 7.47. The van der Waals surface area contributed by atoms with Gasteiger partial charge in [0.15, 0.2) is 12.4 Å². The number of phosphoric acid groups is 1. The van der Waals surface area contributed by atoms with E-state index in [2.05, 4.69) is 13.8 Å². The Morgan fingerprint density at radius 3 is 1.28 bits per heavy atom. The molecule has 0 radical (unpaired) electrons. The predicted molar refractivity (Wildman–Crippen MR) is 249 cm³/mol. The Labute approximate surface area is 387 Å². The zero-order chi connectivity index (χ0) is 47.1. The molecule has 1 rings (SSSR count). The number of unbranched alkanes of at least 4 members (excludes halogenated alkanes) is 30. The van der Waals surface area contributed by atoms with Crippen LogP contribution in [0.4, 0.5) is 0 Å². The van der Waals surface area contributed by atoms with E-state index < -0.39 is 82.4 Å². The number of hydrogen-bond donors (Lipinski definition) is 4. The largest absolute Gasteiger partial charge is 0.474 e. The van der Waals surface area contributed by atoms with Crippen LogP contribution < -0.4 is 0 Å². The summed E-state index contributed by atoms with van der Waals surface area (Å²) in [6, 6.07) is 0. The molecule has 0 amide bonds. The Balaban J connectivity index is 2.48. The van der Waals surface area contributed by atoms with Crippen molar-refractivity contribution in [1.29, 1.82) is 0 Å². The maximum absolute atomic E-state index is 13.0. The average molecular weight is 937 g/mol. The van der Waals surface area contributed by atoms with Crippen LogP contribution in [0.25, 0.3) is 0 Å². The summed E-state index contributed by atoms with van der Waals surface area (Å²) in [6.45, 7) is 3.97. The summed E-state index contributed by atoms with van der Waals surface area (Å²) in [6.07, 6.45) is 28.9. The summed E-state index contributed by atoms with van der Waals surface area (Å²) >= 11 is 0. The van der Waals surface area contributed by atoms with E-state index in [1.807, 2.05) is 0 Å². The van der Waals surface area contributed by atoms with Crippen molar-refractivity contribution in [2.45, 2.75) is 276 Å². The van der Waals surface area contributed by atoms with Crippen LogP contribution >= 0.6 is 7.82 Å². The van der Waals surface area contributed by atoms with Gasteiger partial charge in [-0.25, -0.2) is 4.57 Å². The molecule has 1 aliphatic rings. The Morgan fingerprint density at radius 2 is 0.891 bits per heavy atom. The minimum atomic E-state index is -5.07. The average Bonchev–Trinajstić information content (AvgIpc) is 3.26. The number of aliphatic hydroxyl groups is 3. The van der Waals surface area contributed by atoms with E-state index in [1.165, 1.54) is 154 Å². The van der Waals surface area contributed by atoms with Gasteiger partial charge in [0.25, 0.3) is 0 Å². The maximum atomic E-state index is 13.0. The van der Waals surface area contributed by atoms with Crippen LogP contribution in [-0.4, -0.2) is 94.8 Å². The Bertz CT molecular complexity index is 1190. The molecule has 0 aromatic rings. The van der Waals surface area contributed by atoms with Gasteiger partial charge in [0.1, 0.15) is 37.6 Å². The predicted octanol–water partition coefficient (Wildman–Crippen LogP) is 11.2. The van der Waals surface area contributed by atoms with E-state index in [1.54, 1.807) is 0 Å². The fourth-order valence-corrected chi connectivity index (χ4v) is 8.79. The number of hydrogen-bond acceptors (Lipinski definition) is 13. The quantitative estimate of drug-likeness (QED) is 0.0194. The van der Waals surface area contributed by atoms with E-state index in [9.17, 15) is 39.2 Å². The van der Waals surface area contributed by atoms with Crippen LogP contribution in [0.3, 0.4) is 0 Å². The molecule has 7 atom stereocenters. The number of carbonyl (C=O) groups excluding carboxylic acids is 3. The van der Waals surface area contributed by atoms with Crippen molar-refractivity contribution >= 4 is 25.7 Å². The molecule has 4 N–H and O–H groups in total. The second-order valence-corrected chi connectivity index (χ2v) is 19.5. The molecule has 1 fully saturated rings. The van der Waals surface area contributed by atoms with Gasteiger partial charge in [-0.3, -0.25) is 23.4 Å². The van der Waals surface area contributed by atoms with Gasteiger partial charge in [-0.1, -0.05) is 206 Å². The molecule has 0 aliphatic carbocycles. The number of esters is 3. The first-order chi connectivity index (χ1) is 30.9. The van der Waals surface area contributed by atoms with E-state index in [0.717, 1.165) is 45.4 Å². The van der Waals surface area contributed by atoms with E-state index in [-0.39, 0.29) is 12.8 Å². The highest BCUT2D eigenvalue weighted by Crippen LogP contribution is 2.46. The van der Waals surface area contributed by atoms with Gasteiger partial charge in [0.05, 0.1) is 6.61 Å². The van der Waals surface area contributed by atoms with Gasteiger partial charge >= 0.3 is 25.7 Å². The summed E-state index contributed by atoms with van der Waals surface area (Å²) in [4.78, 5) is 47.3. The van der Waals surface area contributed by atoms with E-state index in [4.69, 9.17) is 28.0 Å². The van der Waals surface area contributed by atoms with Crippen LogP contribution in [-0.2, 0) is 46.9 Å². The van der Waals surface area contributed by atoms with Crippen LogP contribution in [0.5, 0.6) is 0 Å². The lowest BCUT2D eigenvalue weighted by atomic mass is 9.99. The molecule has 0 saturated carbocycles. The number of aliphatic hydroxyl groups excluding tert-OH is 3. The summed E-state index contributed by atoms with van der Waals surface area (Å²) in [7, 11) is -5.07. The van der Waals surface area contributed by atoms with Gasteiger partial charge < -0.3 is 39.2 Å². The number of ether oxygens (including phenoxy) is 4. The summed E-state index contributed by atoms with van der Waals surface area (Å²) < 4.78 is 44.1. The molecule has 14 nitrogen and oxygen atoms in total. The van der Waals surface area contributed by atoms with Gasteiger partial charge in [-0.2, -0.15) is 0 Å². The molecular formula is C49H93O14P. The third-order valence-corrected chi connectivity index (χ3v) is 12.9. The monoisotopic (exact) mass is 937 g/mol. The number of phosphoric ester groups is 1. The van der Waals surface area contributed by atoms with Gasteiger partial charge in [0.2, 0.25) is 0 Å². The lowest BCUT2D eigenvalue weighted by Gasteiger charge is -2.40. The second kappa shape index (κ2) is 40.4. The fourth-order valence-electron chi connectivity index (χ4n) is 7.93. The molecule has 0 aromatic carbocycles.